The molecule has 0 spiro atoms. The maximum absolute atomic E-state index is 12.6. The number of hydrogen-bond donors (Lipinski definition) is 0. The van der Waals surface area contributed by atoms with Gasteiger partial charge in [-0.3, -0.25) is 4.79 Å². The summed E-state index contributed by atoms with van der Waals surface area (Å²) < 4.78 is 15.0. The summed E-state index contributed by atoms with van der Waals surface area (Å²) in [6.45, 7) is 3.83. The summed E-state index contributed by atoms with van der Waals surface area (Å²) in [5, 5.41) is 0. The molecule has 0 saturated carbocycles. The van der Waals surface area contributed by atoms with Crippen LogP contribution < -0.4 is 4.74 Å². The normalized spacial score (nSPS) is 24.3. The molecule has 1 aromatic rings. The zero-order valence-electron chi connectivity index (χ0n) is 13.2. The van der Waals surface area contributed by atoms with E-state index in [9.17, 15) is 9.59 Å². The minimum absolute atomic E-state index is 0.0439. The molecule has 0 aliphatic carbocycles. The van der Waals surface area contributed by atoms with E-state index in [0.29, 0.717) is 6.42 Å². The molecule has 0 radical (unpaired) electrons. The minimum Gasteiger partial charge on any atom is -0.497 e. The largest absolute Gasteiger partial charge is 0.497 e. The molecule has 0 N–H and O–H groups in total. The van der Waals surface area contributed by atoms with Gasteiger partial charge in [0, 0.05) is 0 Å². The number of methoxy groups -OCH3 is 2. The van der Waals surface area contributed by atoms with Gasteiger partial charge < -0.3 is 14.2 Å². The Morgan fingerprint density at radius 1 is 1.27 bits per heavy atom. The van der Waals surface area contributed by atoms with Crippen LogP contribution in [0.4, 0.5) is 0 Å². The Bertz CT molecular complexity index is 602. The van der Waals surface area contributed by atoms with E-state index in [-0.39, 0.29) is 11.7 Å². The van der Waals surface area contributed by atoms with Crippen molar-refractivity contribution >= 4 is 11.9 Å². The fourth-order valence-electron chi connectivity index (χ4n) is 2.93. The first-order chi connectivity index (χ1) is 10.5. The standard InChI is InChI=1S/C17H20O5/c1-5-17(12-6-8-13(20-3)9-7-12)11(2)10-14(15(18)21-4)22-16(17)19/h6-11H,5H2,1-4H3/t11-,17+/m0/s1. The van der Waals surface area contributed by atoms with Crippen molar-refractivity contribution in [3.05, 3.63) is 41.7 Å². The highest BCUT2D eigenvalue weighted by Gasteiger charge is 2.48. The molecule has 0 bridgehead atoms. The van der Waals surface area contributed by atoms with Gasteiger partial charge in [-0.25, -0.2) is 4.79 Å². The van der Waals surface area contributed by atoms with Gasteiger partial charge in [-0.15, -0.1) is 0 Å². The van der Waals surface area contributed by atoms with Gasteiger partial charge >= 0.3 is 11.9 Å². The van der Waals surface area contributed by atoms with Crippen molar-refractivity contribution in [2.24, 2.45) is 5.92 Å². The van der Waals surface area contributed by atoms with E-state index in [4.69, 9.17) is 9.47 Å². The number of hydrogen-bond acceptors (Lipinski definition) is 5. The molecule has 1 heterocycles. The molecule has 2 rings (SSSR count). The molecule has 5 heteroatoms. The quantitative estimate of drug-likeness (QED) is 0.800. The lowest BCUT2D eigenvalue weighted by atomic mass is 9.68. The summed E-state index contributed by atoms with van der Waals surface area (Å²) in [4.78, 5) is 24.2. The molecule has 118 valence electrons. The molecular weight excluding hydrogens is 284 g/mol. The first kappa shape index (κ1) is 16.1. The summed E-state index contributed by atoms with van der Waals surface area (Å²) >= 11 is 0. The summed E-state index contributed by atoms with van der Waals surface area (Å²) in [5.74, 6) is -0.591. The molecule has 5 nitrogen and oxygen atoms in total. The first-order valence-corrected chi connectivity index (χ1v) is 7.16. The fraction of sp³-hybridized carbons (Fsp3) is 0.412. The Kier molecular flexibility index (Phi) is 4.54. The van der Waals surface area contributed by atoms with Gasteiger partial charge in [-0.05, 0) is 36.1 Å². The zero-order valence-corrected chi connectivity index (χ0v) is 13.2. The number of benzene rings is 1. The number of carbonyl (C=O) groups excluding carboxylic acids is 2. The topological polar surface area (TPSA) is 61.8 Å². The Hall–Kier alpha value is -2.30. The van der Waals surface area contributed by atoms with Crippen molar-refractivity contribution in [3.63, 3.8) is 0 Å². The van der Waals surface area contributed by atoms with Crippen molar-refractivity contribution in [2.75, 3.05) is 14.2 Å². The maximum atomic E-state index is 12.6. The maximum Gasteiger partial charge on any atom is 0.373 e. The van der Waals surface area contributed by atoms with Crippen molar-refractivity contribution in [2.45, 2.75) is 25.7 Å². The average molecular weight is 304 g/mol. The lowest BCUT2D eigenvalue weighted by Crippen LogP contribution is -2.45. The second kappa shape index (κ2) is 6.22. The van der Waals surface area contributed by atoms with E-state index < -0.39 is 17.4 Å². The van der Waals surface area contributed by atoms with Crippen LogP contribution >= 0.6 is 0 Å². The third kappa shape index (κ3) is 2.47. The van der Waals surface area contributed by atoms with Crippen LogP contribution in [-0.2, 0) is 24.5 Å². The molecule has 22 heavy (non-hydrogen) atoms. The number of ether oxygens (including phenoxy) is 3. The van der Waals surface area contributed by atoms with Gasteiger partial charge in [0.1, 0.15) is 5.75 Å². The Morgan fingerprint density at radius 3 is 2.36 bits per heavy atom. The predicted octanol–water partition coefficient (Wildman–Crippen LogP) is 2.59. The molecule has 0 saturated heterocycles. The van der Waals surface area contributed by atoms with Crippen LogP contribution in [0.1, 0.15) is 25.8 Å². The van der Waals surface area contributed by atoms with Gasteiger partial charge in [0.25, 0.3) is 0 Å². The van der Waals surface area contributed by atoms with Crippen molar-refractivity contribution in [1.29, 1.82) is 0 Å². The van der Waals surface area contributed by atoms with E-state index >= 15 is 0 Å². The summed E-state index contributed by atoms with van der Waals surface area (Å²) in [5.41, 5.74) is 0.0255. The second-order valence-electron chi connectivity index (χ2n) is 5.25. The van der Waals surface area contributed by atoms with Crippen LogP contribution in [0.3, 0.4) is 0 Å². The number of carbonyl (C=O) groups is 2. The van der Waals surface area contributed by atoms with Gasteiger partial charge in [0.15, 0.2) is 0 Å². The zero-order chi connectivity index (χ0) is 16.3. The Morgan fingerprint density at radius 2 is 1.91 bits per heavy atom. The van der Waals surface area contributed by atoms with E-state index in [1.807, 2.05) is 38.1 Å². The highest BCUT2D eigenvalue weighted by atomic mass is 16.6. The van der Waals surface area contributed by atoms with Crippen LogP contribution in [0.2, 0.25) is 0 Å². The molecule has 1 aromatic carbocycles. The third-order valence-corrected chi connectivity index (χ3v) is 4.30. The summed E-state index contributed by atoms with van der Waals surface area (Å²) in [6, 6.07) is 7.34. The SMILES string of the molecule is CC[C@@]1(c2ccc(OC)cc2)C(=O)OC(C(=O)OC)=C[C@@H]1C. The van der Waals surface area contributed by atoms with Crippen LogP contribution in [0.5, 0.6) is 5.75 Å². The van der Waals surface area contributed by atoms with Crippen LogP contribution in [0, 0.1) is 5.92 Å². The van der Waals surface area contributed by atoms with E-state index in [0.717, 1.165) is 11.3 Å². The average Bonchev–Trinajstić information content (AvgIpc) is 2.54. The van der Waals surface area contributed by atoms with E-state index in [1.54, 1.807) is 13.2 Å². The summed E-state index contributed by atoms with van der Waals surface area (Å²) in [6.07, 6.45) is 2.21. The van der Waals surface area contributed by atoms with E-state index in [1.165, 1.54) is 7.11 Å². The van der Waals surface area contributed by atoms with Gasteiger partial charge in [-0.1, -0.05) is 26.0 Å². The number of cyclic esters (lactones) is 1. The fourth-order valence-corrected chi connectivity index (χ4v) is 2.93. The second-order valence-corrected chi connectivity index (χ2v) is 5.25. The lowest BCUT2D eigenvalue weighted by molar-refractivity contribution is -0.157. The van der Waals surface area contributed by atoms with E-state index in [2.05, 4.69) is 4.74 Å². The Balaban J connectivity index is 2.46. The highest BCUT2D eigenvalue weighted by molar-refractivity contribution is 5.94. The van der Waals surface area contributed by atoms with Crippen LogP contribution in [0.15, 0.2) is 36.1 Å². The number of allylic oxidation sites excluding steroid dienone is 1. The van der Waals surface area contributed by atoms with Crippen LogP contribution in [-0.4, -0.2) is 26.2 Å². The molecule has 1 aliphatic rings. The van der Waals surface area contributed by atoms with Gasteiger partial charge in [0.05, 0.1) is 19.6 Å². The third-order valence-electron chi connectivity index (χ3n) is 4.30. The van der Waals surface area contributed by atoms with Gasteiger partial charge in [-0.2, -0.15) is 0 Å². The van der Waals surface area contributed by atoms with Crippen molar-refractivity contribution in [1.82, 2.24) is 0 Å². The number of esters is 2. The van der Waals surface area contributed by atoms with Crippen molar-refractivity contribution < 1.29 is 23.8 Å². The van der Waals surface area contributed by atoms with Crippen LogP contribution in [0.25, 0.3) is 0 Å². The minimum atomic E-state index is -0.816. The molecule has 0 amide bonds. The monoisotopic (exact) mass is 304 g/mol. The molecular formula is C17H20O5. The smallest absolute Gasteiger partial charge is 0.373 e. The number of rotatable bonds is 4. The molecule has 1 aliphatic heterocycles. The highest BCUT2D eigenvalue weighted by Crippen LogP contribution is 2.42. The van der Waals surface area contributed by atoms with Crippen molar-refractivity contribution in [3.8, 4) is 5.75 Å². The van der Waals surface area contributed by atoms with Gasteiger partial charge in [0.2, 0.25) is 5.76 Å². The predicted molar refractivity (Wildman–Crippen MR) is 80.3 cm³/mol. The first-order valence-electron chi connectivity index (χ1n) is 7.16. The summed E-state index contributed by atoms with van der Waals surface area (Å²) in [7, 11) is 2.85. The molecule has 2 atom stereocenters. The molecule has 0 fully saturated rings. The molecule has 0 unspecified atom stereocenters. The Labute approximate surface area is 129 Å². The lowest BCUT2D eigenvalue weighted by Gasteiger charge is -2.38. The molecule has 0 aromatic heterocycles.